The molecule has 0 aromatic carbocycles. The van der Waals surface area contributed by atoms with Gasteiger partial charge in [-0.2, -0.15) is 0 Å². The molecule has 0 bridgehead atoms. The molecule has 1 aromatic heterocycles. The Balaban J connectivity index is 2.08. The Hall–Kier alpha value is -1.07. The quantitative estimate of drug-likeness (QED) is 0.832. The van der Waals surface area contributed by atoms with Crippen molar-refractivity contribution in [1.82, 2.24) is 0 Å². The lowest BCUT2D eigenvalue weighted by atomic mass is 10.1. The molecule has 0 saturated carbocycles. The molecule has 1 atom stereocenters. The summed E-state index contributed by atoms with van der Waals surface area (Å²) >= 11 is 1.61. The van der Waals surface area contributed by atoms with Crippen molar-refractivity contribution in [3.05, 3.63) is 15.8 Å². The summed E-state index contributed by atoms with van der Waals surface area (Å²) in [6, 6.07) is 0. The minimum atomic E-state index is -0.481. The molecule has 2 heterocycles. The molecule has 0 radical (unpaired) electrons. The number of carbonyl (C=O) groups excluding carboxylic acids is 1. The average Bonchev–Trinajstić information content (AvgIpc) is 2.68. The third-order valence-corrected chi connectivity index (χ3v) is 3.39. The largest absolute Gasteiger partial charge is 0.444 e. The normalized spacial score (nSPS) is 18.9. The molecule has 1 aliphatic rings. The third-order valence-electron chi connectivity index (χ3n) is 2.42. The van der Waals surface area contributed by atoms with Gasteiger partial charge in [0.25, 0.3) is 0 Å². The molecule has 1 unspecified atom stereocenters. The van der Waals surface area contributed by atoms with Gasteiger partial charge >= 0.3 is 6.09 Å². The van der Waals surface area contributed by atoms with Crippen LogP contribution in [0.25, 0.3) is 0 Å². The van der Waals surface area contributed by atoms with Gasteiger partial charge in [-0.25, -0.2) is 4.79 Å². The van der Waals surface area contributed by atoms with Gasteiger partial charge in [0.15, 0.2) is 0 Å². The second-order valence-electron chi connectivity index (χ2n) is 5.07. The van der Waals surface area contributed by atoms with Gasteiger partial charge in [-0.1, -0.05) is 0 Å². The van der Waals surface area contributed by atoms with Gasteiger partial charge in [-0.3, -0.25) is 5.32 Å². The molecule has 1 amide bonds. The number of fused-ring (bicyclic) bond motifs is 1. The van der Waals surface area contributed by atoms with Gasteiger partial charge in [0.1, 0.15) is 5.60 Å². The van der Waals surface area contributed by atoms with Crippen LogP contribution in [0.1, 0.15) is 44.2 Å². The predicted octanol–water partition coefficient (Wildman–Crippen LogP) is 3.69. The van der Waals surface area contributed by atoms with Crippen LogP contribution in [0.2, 0.25) is 0 Å². The number of rotatable bonds is 1. The lowest BCUT2D eigenvalue weighted by molar-refractivity contribution is 0.0634. The molecule has 1 aliphatic heterocycles. The van der Waals surface area contributed by atoms with Crippen molar-refractivity contribution >= 4 is 23.1 Å². The van der Waals surface area contributed by atoms with Crippen molar-refractivity contribution in [3.8, 4) is 0 Å². The summed E-state index contributed by atoms with van der Waals surface area (Å²) in [5.74, 6) is 0. The molecule has 4 nitrogen and oxygen atoms in total. The number of nitrogens with one attached hydrogen (secondary N) is 1. The predicted molar refractivity (Wildman–Crippen MR) is 67.4 cm³/mol. The van der Waals surface area contributed by atoms with Crippen LogP contribution in [0, 0.1) is 0 Å². The first-order valence-electron chi connectivity index (χ1n) is 5.58. The maximum atomic E-state index is 11.7. The topological polar surface area (TPSA) is 47.6 Å². The van der Waals surface area contributed by atoms with Crippen LogP contribution >= 0.6 is 11.3 Å². The highest BCUT2D eigenvalue weighted by Gasteiger charge is 2.26. The van der Waals surface area contributed by atoms with Crippen molar-refractivity contribution < 1.29 is 14.3 Å². The molecule has 0 fully saturated rings. The van der Waals surface area contributed by atoms with Gasteiger partial charge in [0.05, 0.1) is 18.4 Å². The number of hydrogen-bond acceptors (Lipinski definition) is 4. The van der Waals surface area contributed by atoms with Crippen LogP contribution in [0.15, 0.2) is 5.38 Å². The maximum Gasteiger partial charge on any atom is 0.412 e. The van der Waals surface area contributed by atoms with Crippen molar-refractivity contribution in [2.75, 3.05) is 5.32 Å². The second-order valence-corrected chi connectivity index (χ2v) is 6.03. The number of carbonyl (C=O) groups is 1. The Bertz CT molecular complexity index is 433. The Kier molecular flexibility index (Phi) is 3.14. The minimum Gasteiger partial charge on any atom is -0.444 e. The standard InChI is InChI=1S/C12H17NO3S/c1-7-10-8(6-17-9(10)5-15-7)13-11(14)16-12(2,3)4/h6-7H,5H2,1-4H3,(H,13,14). The Morgan fingerprint density at radius 3 is 2.94 bits per heavy atom. The summed E-state index contributed by atoms with van der Waals surface area (Å²) in [6.45, 7) is 8.15. The number of ether oxygens (including phenoxy) is 2. The van der Waals surface area contributed by atoms with Crippen LogP contribution in [0.4, 0.5) is 10.5 Å². The summed E-state index contributed by atoms with van der Waals surface area (Å²) in [4.78, 5) is 12.8. The molecule has 1 aromatic rings. The van der Waals surface area contributed by atoms with Gasteiger partial charge in [-0.15, -0.1) is 11.3 Å². The van der Waals surface area contributed by atoms with E-state index in [1.807, 2.05) is 33.1 Å². The first-order valence-corrected chi connectivity index (χ1v) is 6.46. The molecular formula is C12H17NO3S. The minimum absolute atomic E-state index is 0.0428. The van der Waals surface area contributed by atoms with Crippen LogP contribution in [0.3, 0.4) is 0 Å². The maximum absolute atomic E-state index is 11.7. The zero-order valence-corrected chi connectivity index (χ0v) is 11.3. The number of amides is 1. The summed E-state index contributed by atoms with van der Waals surface area (Å²) in [7, 11) is 0. The summed E-state index contributed by atoms with van der Waals surface area (Å²) in [5.41, 5.74) is 1.41. The van der Waals surface area contributed by atoms with E-state index >= 15 is 0 Å². The summed E-state index contributed by atoms with van der Waals surface area (Å²) in [5, 5.41) is 4.72. The third kappa shape index (κ3) is 2.79. The summed E-state index contributed by atoms with van der Waals surface area (Å²) < 4.78 is 10.7. The zero-order valence-electron chi connectivity index (χ0n) is 10.5. The Morgan fingerprint density at radius 2 is 2.29 bits per heavy atom. The highest BCUT2D eigenvalue weighted by atomic mass is 32.1. The van der Waals surface area contributed by atoms with Crippen molar-refractivity contribution in [3.63, 3.8) is 0 Å². The fourth-order valence-corrected chi connectivity index (χ4v) is 2.74. The second kappa shape index (κ2) is 4.31. The van der Waals surface area contributed by atoms with Gasteiger partial charge in [-0.05, 0) is 27.7 Å². The Labute approximate surface area is 105 Å². The van der Waals surface area contributed by atoms with Crippen LogP contribution in [-0.4, -0.2) is 11.7 Å². The van der Waals surface area contributed by atoms with E-state index in [4.69, 9.17) is 9.47 Å². The van der Waals surface area contributed by atoms with E-state index in [0.29, 0.717) is 6.61 Å². The monoisotopic (exact) mass is 255 g/mol. The van der Waals surface area contributed by atoms with Crippen LogP contribution in [0.5, 0.6) is 0 Å². The van der Waals surface area contributed by atoms with E-state index in [-0.39, 0.29) is 6.10 Å². The first kappa shape index (κ1) is 12.4. The number of thiophene rings is 1. The van der Waals surface area contributed by atoms with Crippen molar-refractivity contribution in [1.29, 1.82) is 0 Å². The fraction of sp³-hybridized carbons (Fsp3) is 0.583. The highest BCUT2D eigenvalue weighted by Crippen LogP contribution is 2.40. The van der Waals surface area contributed by atoms with Crippen molar-refractivity contribution in [2.45, 2.75) is 46.0 Å². The lowest BCUT2D eigenvalue weighted by Gasteiger charge is -2.19. The Morgan fingerprint density at radius 1 is 1.59 bits per heavy atom. The molecule has 2 rings (SSSR count). The highest BCUT2D eigenvalue weighted by molar-refractivity contribution is 7.10. The first-order chi connectivity index (χ1) is 7.87. The van der Waals surface area contributed by atoms with E-state index < -0.39 is 11.7 Å². The van der Waals surface area contributed by atoms with E-state index in [1.165, 1.54) is 4.88 Å². The number of hydrogen-bond donors (Lipinski definition) is 1. The smallest absolute Gasteiger partial charge is 0.412 e. The molecule has 1 N–H and O–H groups in total. The molecule has 0 saturated heterocycles. The molecule has 17 heavy (non-hydrogen) atoms. The van der Waals surface area contributed by atoms with E-state index in [0.717, 1.165) is 11.3 Å². The molecule has 5 heteroatoms. The van der Waals surface area contributed by atoms with Gasteiger partial charge in [0.2, 0.25) is 0 Å². The van der Waals surface area contributed by atoms with Crippen LogP contribution in [-0.2, 0) is 16.1 Å². The zero-order chi connectivity index (χ0) is 12.6. The van der Waals surface area contributed by atoms with E-state index in [1.54, 1.807) is 11.3 Å². The van der Waals surface area contributed by atoms with Crippen molar-refractivity contribution in [2.24, 2.45) is 0 Å². The number of anilines is 1. The molecular weight excluding hydrogens is 238 g/mol. The fourth-order valence-electron chi connectivity index (χ4n) is 1.76. The van der Waals surface area contributed by atoms with Gasteiger partial charge < -0.3 is 9.47 Å². The summed E-state index contributed by atoms with van der Waals surface area (Å²) in [6.07, 6.45) is -0.376. The lowest BCUT2D eigenvalue weighted by Crippen LogP contribution is -2.27. The van der Waals surface area contributed by atoms with E-state index in [9.17, 15) is 4.79 Å². The van der Waals surface area contributed by atoms with Crippen LogP contribution < -0.4 is 5.32 Å². The SMILES string of the molecule is CC1OCc2scc(NC(=O)OC(C)(C)C)c21. The average molecular weight is 255 g/mol. The molecule has 94 valence electrons. The van der Waals surface area contributed by atoms with Gasteiger partial charge in [0, 0.05) is 15.8 Å². The molecule has 0 aliphatic carbocycles. The molecule has 0 spiro atoms. The van der Waals surface area contributed by atoms with E-state index in [2.05, 4.69) is 5.32 Å².